The van der Waals surface area contributed by atoms with Crippen molar-refractivity contribution in [1.82, 2.24) is 4.98 Å². The fourth-order valence-corrected chi connectivity index (χ4v) is 5.04. The summed E-state index contributed by atoms with van der Waals surface area (Å²) in [6.45, 7) is 6.03. The number of aromatic nitrogens is 1. The molecule has 30 heavy (non-hydrogen) atoms. The van der Waals surface area contributed by atoms with Gasteiger partial charge in [-0.2, -0.15) is 0 Å². The standard InChI is InChI=1S/C25H27F2NOS/c1-4-6-7-20-15-22(17(3)16-28-20)25(23-14-19(26)10-13-24(23)27)30(29)21-11-8-18(5-2)9-12-21/h8-16,25H,4-7H2,1-3H3. The normalized spacial score (nSPS) is 13.2. The van der Waals surface area contributed by atoms with E-state index in [1.807, 2.05) is 37.3 Å². The molecule has 5 heteroatoms. The van der Waals surface area contributed by atoms with Crippen LogP contribution < -0.4 is 0 Å². The van der Waals surface area contributed by atoms with Crippen molar-refractivity contribution >= 4 is 10.8 Å². The predicted molar refractivity (Wildman–Crippen MR) is 118 cm³/mol. The van der Waals surface area contributed by atoms with Crippen molar-refractivity contribution in [2.24, 2.45) is 0 Å². The van der Waals surface area contributed by atoms with E-state index in [4.69, 9.17) is 0 Å². The summed E-state index contributed by atoms with van der Waals surface area (Å²) < 4.78 is 42.6. The average molecular weight is 428 g/mol. The van der Waals surface area contributed by atoms with Gasteiger partial charge < -0.3 is 0 Å². The highest BCUT2D eigenvalue weighted by atomic mass is 32.2. The molecular weight excluding hydrogens is 400 g/mol. The first-order valence-corrected chi connectivity index (χ1v) is 11.6. The molecule has 2 atom stereocenters. The third kappa shape index (κ3) is 5.01. The Morgan fingerprint density at radius 3 is 2.40 bits per heavy atom. The summed E-state index contributed by atoms with van der Waals surface area (Å²) in [5.41, 5.74) is 3.63. The number of hydrogen-bond donors (Lipinski definition) is 0. The maximum atomic E-state index is 14.8. The molecular formula is C25H27F2NOS. The van der Waals surface area contributed by atoms with E-state index in [9.17, 15) is 13.0 Å². The summed E-state index contributed by atoms with van der Waals surface area (Å²) in [5.74, 6) is -1.11. The fraction of sp³-hybridized carbons (Fsp3) is 0.320. The first-order valence-electron chi connectivity index (χ1n) is 10.3. The van der Waals surface area contributed by atoms with E-state index >= 15 is 0 Å². The number of nitrogens with zero attached hydrogens (tertiary/aromatic N) is 1. The maximum Gasteiger partial charge on any atom is 0.128 e. The van der Waals surface area contributed by atoms with Gasteiger partial charge in [-0.3, -0.25) is 9.19 Å². The monoisotopic (exact) mass is 427 g/mol. The van der Waals surface area contributed by atoms with Gasteiger partial charge in [0.15, 0.2) is 0 Å². The largest absolute Gasteiger partial charge is 0.261 e. The van der Waals surface area contributed by atoms with Crippen molar-refractivity contribution in [1.29, 1.82) is 0 Å². The molecule has 0 fully saturated rings. The molecule has 3 rings (SSSR count). The van der Waals surface area contributed by atoms with Gasteiger partial charge in [-0.25, -0.2) is 8.78 Å². The van der Waals surface area contributed by atoms with Gasteiger partial charge in [0, 0.05) is 22.3 Å². The van der Waals surface area contributed by atoms with E-state index in [1.54, 1.807) is 6.20 Å². The number of pyridine rings is 1. The van der Waals surface area contributed by atoms with Crippen LogP contribution in [-0.4, -0.2) is 9.19 Å². The van der Waals surface area contributed by atoms with E-state index in [0.29, 0.717) is 4.90 Å². The molecule has 2 unspecified atom stereocenters. The Labute approximate surface area is 179 Å². The van der Waals surface area contributed by atoms with Crippen LogP contribution in [0.5, 0.6) is 0 Å². The molecule has 3 aromatic rings. The van der Waals surface area contributed by atoms with Crippen molar-refractivity contribution in [3.63, 3.8) is 0 Å². The molecule has 1 aromatic heterocycles. The molecule has 2 aromatic carbocycles. The van der Waals surface area contributed by atoms with Gasteiger partial charge in [-0.15, -0.1) is 0 Å². The third-order valence-electron chi connectivity index (χ3n) is 5.29. The van der Waals surface area contributed by atoms with Crippen molar-refractivity contribution in [3.05, 3.63) is 94.3 Å². The van der Waals surface area contributed by atoms with Gasteiger partial charge >= 0.3 is 0 Å². The van der Waals surface area contributed by atoms with Crippen LogP contribution in [0.2, 0.25) is 0 Å². The Bertz CT molecular complexity index is 1030. The predicted octanol–water partition coefficient (Wildman–Crippen LogP) is 6.47. The molecule has 158 valence electrons. The lowest BCUT2D eigenvalue weighted by molar-refractivity contribution is 0.585. The molecule has 0 amide bonds. The van der Waals surface area contributed by atoms with Crippen LogP contribution in [0, 0.1) is 18.6 Å². The molecule has 0 aliphatic carbocycles. The SMILES string of the molecule is CCCCc1cc(C(c2cc(F)ccc2F)S(=O)c2ccc(CC)cc2)c(C)cn1. The Hall–Kier alpha value is -2.40. The van der Waals surface area contributed by atoms with Crippen molar-refractivity contribution in [2.45, 2.75) is 56.6 Å². The van der Waals surface area contributed by atoms with Crippen molar-refractivity contribution in [3.8, 4) is 0 Å². The Morgan fingerprint density at radius 1 is 1.00 bits per heavy atom. The van der Waals surface area contributed by atoms with E-state index in [-0.39, 0.29) is 5.56 Å². The summed E-state index contributed by atoms with van der Waals surface area (Å²) in [7, 11) is -1.61. The summed E-state index contributed by atoms with van der Waals surface area (Å²) in [6, 6.07) is 12.7. The summed E-state index contributed by atoms with van der Waals surface area (Å²) in [4.78, 5) is 5.07. The zero-order valence-electron chi connectivity index (χ0n) is 17.6. The molecule has 0 saturated heterocycles. The highest BCUT2D eigenvalue weighted by Crippen LogP contribution is 2.36. The Morgan fingerprint density at radius 2 is 1.73 bits per heavy atom. The van der Waals surface area contributed by atoms with Crippen molar-refractivity contribution < 1.29 is 13.0 Å². The van der Waals surface area contributed by atoms with Gasteiger partial charge in [-0.1, -0.05) is 32.4 Å². The minimum Gasteiger partial charge on any atom is -0.261 e. The van der Waals surface area contributed by atoms with Gasteiger partial charge in [0.1, 0.15) is 11.6 Å². The molecule has 0 saturated carbocycles. The highest BCUT2D eigenvalue weighted by molar-refractivity contribution is 7.85. The molecule has 0 N–H and O–H groups in total. The number of aryl methyl sites for hydroxylation is 3. The van der Waals surface area contributed by atoms with Crippen molar-refractivity contribution in [2.75, 3.05) is 0 Å². The molecule has 0 radical (unpaired) electrons. The van der Waals surface area contributed by atoms with E-state index in [1.165, 1.54) is 0 Å². The van der Waals surface area contributed by atoms with Crippen LogP contribution in [0.4, 0.5) is 8.78 Å². The van der Waals surface area contributed by atoms with Crippen LogP contribution in [0.3, 0.4) is 0 Å². The first-order chi connectivity index (χ1) is 14.4. The molecule has 2 nitrogen and oxygen atoms in total. The van der Waals surface area contributed by atoms with Gasteiger partial charge in [-0.05, 0) is 79.3 Å². The lowest BCUT2D eigenvalue weighted by Gasteiger charge is -2.21. The molecule has 1 heterocycles. The minimum absolute atomic E-state index is 0.101. The summed E-state index contributed by atoms with van der Waals surface area (Å²) in [6.07, 6.45) is 5.42. The second kappa shape index (κ2) is 10.1. The fourth-order valence-electron chi connectivity index (χ4n) is 3.47. The zero-order valence-corrected chi connectivity index (χ0v) is 18.4. The van der Waals surface area contributed by atoms with Gasteiger partial charge in [0.2, 0.25) is 0 Å². The summed E-state index contributed by atoms with van der Waals surface area (Å²) >= 11 is 0. The van der Waals surface area contributed by atoms with Crippen LogP contribution in [0.25, 0.3) is 0 Å². The lowest BCUT2D eigenvalue weighted by Crippen LogP contribution is -2.14. The zero-order chi connectivity index (χ0) is 21.7. The number of rotatable bonds is 8. The second-order valence-electron chi connectivity index (χ2n) is 7.48. The first kappa shape index (κ1) is 22.3. The number of benzene rings is 2. The van der Waals surface area contributed by atoms with Crippen LogP contribution in [-0.2, 0) is 23.6 Å². The van der Waals surface area contributed by atoms with Crippen LogP contribution in [0.15, 0.2) is 59.6 Å². The average Bonchev–Trinajstić information content (AvgIpc) is 2.76. The highest BCUT2D eigenvalue weighted by Gasteiger charge is 2.28. The van der Waals surface area contributed by atoms with Gasteiger partial charge in [0.25, 0.3) is 0 Å². The van der Waals surface area contributed by atoms with Gasteiger partial charge in [0.05, 0.1) is 16.0 Å². The lowest BCUT2D eigenvalue weighted by atomic mass is 9.99. The number of unbranched alkanes of at least 4 members (excludes halogenated alkanes) is 1. The Kier molecular flexibility index (Phi) is 7.48. The quantitative estimate of drug-likeness (QED) is 0.412. The molecule has 0 bridgehead atoms. The number of hydrogen-bond acceptors (Lipinski definition) is 2. The van der Waals surface area contributed by atoms with E-state index in [0.717, 1.165) is 66.3 Å². The summed E-state index contributed by atoms with van der Waals surface area (Å²) in [5, 5.41) is -0.823. The second-order valence-corrected chi connectivity index (χ2v) is 9.01. The smallest absolute Gasteiger partial charge is 0.128 e. The molecule has 0 aliphatic heterocycles. The third-order valence-corrected chi connectivity index (χ3v) is 6.96. The molecule has 0 spiro atoms. The Balaban J connectivity index is 2.15. The number of halogens is 2. The van der Waals surface area contributed by atoms with Crippen LogP contribution >= 0.6 is 0 Å². The maximum absolute atomic E-state index is 14.8. The van der Waals surface area contributed by atoms with E-state index < -0.39 is 27.7 Å². The molecule has 0 aliphatic rings. The van der Waals surface area contributed by atoms with E-state index in [2.05, 4.69) is 18.8 Å². The topological polar surface area (TPSA) is 30.0 Å². The minimum atomic E-state index is -1.61. The van der Waals surface area contributed by atoms with Crippen LogP contribution in [0.1, 0.15) is 59.9 Å².